The average Bonchev–Trinajstić information content (AvgIpc) is 2.71. The van der Waals surface area contributed by atoms with Gasteiger partial charge in [0, 0.05) is 18.8 Å². The van der Waals surface area contributed by atoms with E-state index in [2.05, 4.69) is 37.4 Å². The van der Waals surface area contributed by atoms with Crippen LogP contribution in [0.15, 0.2) is 12.4 Å². The molecule has 3 heteroatoms. The van der Waals surface area contributed by atoms with Crippen molar-refractivity contribution >= 4 is 5.69 Å². The minimum absolute atomic E-state index is 0.614. The van der Waals surface area contributed by atoms with Crippen LogP contribution in [-0.2, 0) is 6.54 Å². The number of nitrogens with zero attached hydrogens (tertiary/aromatic N) is 2. The third kappa shape index (κ3) is 2.39. The molecular formula is C13H23N3. The Morgan fingerprint density at radius 1 is 1.38 bits per heavy atom. The van der Waals surface area contributed by atoms with E-state index in [4.69, 9.17) is 0 Å². The van der Waals surface area contributed by atoms with Gasteiger partial charge in [0.15, 0.2) is 0 Å². The van der Waals surface area contributed by atoms with E-state index in [1.807, 2.05) is 10.9 Å². The summed E-state index contributed by atoms with van der Waals surface area (Å²) in [6.45, 7) is 7.77. The van der Waals surface area contributed by atoms with Crippen molar-refractivity contribution < 1.29 is 0 Å². The average molecular weight is 221 g/mol. The molecule has 1 aliphatic carbocycles. The predicted octanol–water partition coefficient (Wildman–Crippen LogP) is 3.14. The van der Waals surface area contributed by atoms with Crippen LogP contribution in [0, 0.1) is 11.8 Å². The smallest absolute Gasteiger partial charge is 0.0728 e. The van der Waals surface area contributed by atoms with Gasteiger partial charge in [-0.1, -0.05) is 20.3 Å². The van der Waals surface area contributed by atoms with Gasteiger partial charge < -0.3 is 5.32 Å². The highest BCUT2D eigenvalue weighted by molar-refractivity contribution is 5.39. The van der Waals surface area contributed by atoms with Gasteiger partial charge in [-0.25, -0.2) is 0 Å². The SMILES string of the molecule is CCn1cc(NC2C(C)CCCC2C)cn1. The molecule has 1 fully saturated rings. The second-order valence-corrected chi connectivity index (χ2v) is 5.14. The highest BCUT2D eigenvalue weighted by atomic mass is 15.3. The minimum atomic E-state index is 0.614. The molecule has 2 unspecified atom stereocenters. The first-order valence-corrected chi connectivity index (χ1v) is 6.49. The van der Waals surface area contributed by atoms with Crippen molar-refractivity contribution in [3.63, 3.8) is 0 Å². The Labute approximate surface area is 98.2 Å². The van der Waals surface area contributed by atoms with Crippen LogP contribution in [0.1, 0.15) is 40.0 Å². The normalized spacial score (nSPS) is 30.3. The third-order valence-corrected chi connectivity index (χ3v) is 3.84. The summed E-state index contributed by atoms with van der Waals surface area (Å²) in [5.74, 6) is 1.54. The Balaban J connectivity index is 2.01. The van der Waals surface area contributed by atoms with E-state index < -0.39 is 0 Å². The van der Waals surface area contributed by atoms with Crippen LogP contribution in [0.5, 0.6) is 0 Å². The number of aromatic nitrogens is 2. The summed E-state index contributed by atoms with van der Waals surface area (Å²) in [4.78, 5) is 0. The van der Waals surface area contributed by atoms with Gasteiger partial charge in [0.2, 0.25) is 0 Å². The van der Waals surface area contributed by atoms with Gasteiger partial charge in [-0.2, -0.15) is 5.10 Å². The van der Waals surface area contributed by atoms with Crippen LogP contribution in [0.25, 0.3) is 0 Å². The van der Waals surface area contributed by atoms with E-state index >= 15 is 0 Å². The summed E-state index contributed by atoms with van der Waals surface area (Å²) in [5.41, 5.74) is 1.17. The molecule has 0 saturated heterocycles. The summed E-state index contributed by atoms with van der Waals surface area (Å²) < 4.78 is 1.97. The van der Waals surface area contributed by atoms with E-state index in [-0.39, 0.29) is 0 Å². The third-order valence-electron chi connectivity index (χ3n) is 3.84. The molecular weight excluding hydrogens is 198 g/mol. The van der Waals surface area contributed by atoms with Crippen molar-refractivity contribution in [1.29, 1.82) is 0 Å². The van der Waals surface area contributed by atoms with Crippen molar-refractivity contribution in [1.82, 2.24) is 9.78 Å². The van der Waals surface area contributed by atoms with Gasteiger partial charge in [0.1, 0.15) is 0 Å². The monoisotopic (exact) mass is 221 g/mol. The number of anilines is 1. The maximum absolute atomic E-state index is 4.30. The molecule has 1 aromatic rings. The van der Waals surface area contributed by atoms with Crippen molar-refractivity contribution in [2.75, 3.05) is 5.32 Å². The maximum atomic E-state index is 4.30. The molecule has 0 bridgehead atoms. The van der Waals surface area contributed by atoms with E-state index in [9.17, 15) is 0 Å². The standard InChI is InChI=1S/C13H23N3/c1-4-16-9-12(8-14-16)15-13-10(2)6-5-7-11(13)3/h8-11,13,15H,4-7H2,1-3H3. The van der Waals surface area contributed by atoms with Crippen molar-refractivity contribution in [3.05, 3.63) is 12.4 Å². The first-order valence-electron chi connectivity index (χ1n) is 6.49. The predicted molar refractivity (Wildman–Crippen MR) is 67.5 cm³/mol. The number of rotatable bonds is 3. The molecule has 0 aromatic carbocycles. The fourth-order valence-corrected chi connectivity index (χ4v) is 2.77. The Morgan fingerprint density at radius 3 is 2.62 bits per heavy atom. The molecule has 0 aliphatic heterocycles. The molecule has 1 saturated carbocycles. The zero-order valence-electron chi connectivity index (χ0n) is 10.6. The van der Waals surface area contributed by atoms with E-state index in [1.54, 1.807) is 0 Å². The van der Waals surface area contributed by atoms with Crippen LogP contribution in [0.3, 0.4) is 0 Å². The van der Waals surface area contributed by atoms with Gasteiger partial charge in [0.25, 0.3) is 0 Å². The number of hydrogen-bond acceptors (Lipinski definition) is 2. The zero-order valence-corrected chi connectivity index (χ0v) is 10.6. The number of nitrogens with one attached hydrogen (secondary N) is 1. The Bertz CT molecular complexity index is 322. The molecule has 1 aliphatic rings. The van der Waals surface area contributed by atoms with Gasteiger partial charge >= 0.3 is 0 Å². The molecule has 1 heterocycles. The van der Waals surface area contributed by atoms with Gasteiger partial charge in [-0.3, -0.25) is 4.68 Å². The van der Waals surface area contributed by atoms with Crippen molar-refractivity contribution in [3.8, 4) is 0 Å². The van der Waals surface area contributed by atoms with Crippen LogP contribution >= 0.6 is 0 Å². The molecule has 90 valence electrons. The van der Waals surface area contributed by atoms with Crippen LogP contribution < -0.4 is 5.32 Å². The number of aryl methyl sites for hydroxylation is 1. The molecule has 2 atom stereocenters. The van der Waals surface area contributed by atoms with Crippen molar-refractivity contribution in [2.45, 2.75) is 52.6 Å². The lowest BCUT2D eigenvalue weighted by Gasteiger charge is -2.35. The van der Waals surface area contributed by atoms with Gasteiger partial charge in [0.05, 0.1) is 11.9 Å². The first kappa shape index (κ1) is 11.5. The Kier molecular flexibility index (Phi) is 3.52. The molecule has 1 aromatic heterocycles. The molecule has 2 rings (SSSR count). The van der Waals surface area contributed by atoms with Crippen LogP contribution in [0.4, 0.5) is 5.69 Å². The quantitative estimate of drug-likeness (QED) is 0.849. The lowest BCUT2D eigenvalue weighted by Crippen LogP contribution is -2.36. The van der Waals surface area contributed by atoms with E-state index in [0.717, 1.165) is 18.4 Å². The second-order valence-electron chi connectivity index (χ2n) is 5.14. The fourth-order valence-electron chi connectivity index (χ4n) is 2.77. The summed E-state index contributed by atoms with van der Waals surface area (Å²) in [6.07, 6.45) is 8.13. The molecule has 0 amide bonds. The fraction of sp³-hybridized carbons (Fsp3) is 0.769. The zero-order chi connectivity index (χ0) is 11.5. The molecule has 0 radical (unpaired) electrons. The highest BCUT2D eigenvalue weighted by Gasteiger charge is 2.27. The summed E-state index contributed by atoms with van der Waals surface area (Å²) in [6, 6.07) is 0.614. The topological polar surface area (TPSA) is 29.9 Å². The van der Waals surface area contributed by atoms with Gasteiger partial charge in [-0.05, 0) is 31.6 Å². The highest BCUT2D eigenvalue weighted by Crippen LogP contribution is 2.31. The van der Waals surface area contributed by atoms with Crippen LogP contribution in [0.2, 0.25) is 0 Å². The first-order chi connectivity index (χ1) is 7.70. The number of hydrogen-bond donors (Lipinski definition) is 1. The summed E-state index contributed by atoms with van der Waals surface area (Å²) >= 11 is 0. The molecule has 16 heavy (non-hydrogen) atoms. The maximum Gasteiger partial charge on any atom is 0.0728 e. The second kappa shape index (κ2) is 4.89. The van der Waals surface area contributed by atoms with Crippen molar-refractivity contribution in [2.24, 2.45) is 11.8 Å². The van der Waals surface area contributed by atoms with E-state index in [0.29, 0.717) is 6.04 Å². The van der Waals surface area contributed by atoms with E-state index in [1.165, 1.54) is 24.9 Å². The lowest BCUT2D eigenvalue weighted by atomic mass is 9.78. The molecule has 1 N–H and O–H groups in total. The largest absolute Gasteiger partial charge is 0.379 e. The summed E-state index contributed by atoms with van der Waals surface area (Å²) in [5, 5.41) is 7.96. The Hall–Kier alpha value is -0.990. The lowest BCUT2D eigenvalue weighted by molar-refractivity contribution is 0.268. The Morgan fingerprint density at radius 2 is 2.06 bits per heavy atom. The van der Waals surface area contributed by atoms with Crippen LogP contribution in [-0.4, -0.2) is 15.8 Å². The molecule has 3 nitrogen and oxygen atoms in total. The molecule has 0 spiro atoms. The minimum Gasteiger partial charge on any atom is -0.379 e. The van der Waals surface area contributed by atoms with Gasteiger partial charge in [-0.15, -0.1) is 0 Å². The summed E-state index contributed by atoms with van der Waals surface area (Å²) in [7, 11) is 0.